The van der Waals surface area contributed by atoms with Crippen molar-refractivity contribution in [3.8, 4) is 17.2 Å². The van der Waals surface area contributed by atoms with E-state index in [9.17, 15) is 4.39 Å². The molecule has 0 saturated heterocycles. The zero-order chi connectivity index (χ0) is 13.9. The maximum Gasteiger partial charge on any atom is 0.149 e. The Bertz CT molecular complexity index is 762. The Morgan fingerprint density at radius 1 is 1.05 bits per heavy atom. The maximum atomic E-state index is 13.4. The van der Waals surface area contributed by atoms with Crippen molar-refractivity contribution in [3.63, 3.8) is 0 Å². The van der Waals surface area contributed by atoms with Crippen LogP contribution >= 0.6 is 0 Å². The van der Waals surface area contributed by atoms with E-state index in [0.29, 0.717) is 28.2 Å². The van der Waals surface area contributed by atoms with Crippen molar-refractivity contribution in [2.75, 3.05) is 7.11 Å². The summed E-state index contributed by atoms with van der Waals surface area (Å²) >= 11 is 0. The summed E-state index contributed by atoms with van der Waals surface area (Å²) in [4.78, 5) is 8.18. The number of benzene rings is 1. The summed E-state index contributed by atoms with van der Waals surface area (Å²) in [6.45, 7) is 0. The number of methoxy groups -OCH3 is 1. The Balaban J connectivity index is 2.03. The smallest absolute Gasteiger partial charge is 0.149 e. The molecule has 0 radical (unpaired) electrons. The number of halogens is 1. The molecule has 1 aromatic carbocycles. The van der Waals surface area contributed by atoms with Crippen molar-refractivity contribution in [3.05, 3.63) is 54.7 Å². The molecule has 0 aliphatic heterocycles. The molecule has 0 aliphatic rings. The van der Waals surface area contributed by atoms with E-state index in [4.69, 9.17) is 9.47 Å². The first-order valence-electron chi connectivity index (χ1n) is 5.97. The largest absolute Gasteiger partial charge is 0.495 e. The van der Waals surface area contributed by atoms with Crippen LogP contribution in [0.25, 0.3) is 10.9 Å². The third-order valence-electron chi connectivity index (χ3n) is 2.82. The molecular formula is C15H11FN2O2. The minimum atomic E-state index is -0.334. The Kier molecular flexibility index (Phi) is 3.16. The molecule has 3 rings (SSSR count). The van der Waals surface area contributed by atoms with Crippen LogP contribution in [0.2, 0.25) is 0 Å². The number of nitrogens with zero attached hydrogens (tertiary/aromatic N) is 2. The van der Waals surface area contributed by atoms with Gasteiger partial charge in [0, 0.05) is 17.6 Å². The predicted octanol–water partition coefficient (Wildman–Crippen LogP) is 3.57. The molecule has 0 saturated carbocycles. The summed E-state index contributed by atoms with van der Waals surface area (Å²) < 4.78 is 24.2. The standard InChI is InChI=1S/C15H11FN2O2/c1-19-11-7-12(9-17-8-11)20-15-4-5-18-14-3-2-10(16)6-13(14)15/h2-9H,1H3. The number of pyridine rings is 2. The van der Waals surface area contributed by atoms with Crippen LogP contribution in [0.1, 0.15) is 0 Å². The minimum Gasteiger partial charge on any atom is -0.495 e. The van der Waals surface area contributed by atoms with E-state index >= 15 is 0 Å². The topological polar surface area (TPSA) is 44.2 Å². The maximum absolute atomic E-state index is 13.4. The average molecular weight is 270 g/mol. The Morgan fingerprint density at radius 3 is 2.75 bits per heavy atom. The van der Waals surface area contributed by atoms with Crippen molar-refractivity contribution in [2.24, 2.45) is 0 Å². The van der Waals surface area contributed by atoms with E-state index in [1.54, 1.807) is 43.9 Å². The van der Waals surface area contributed by atoms with Crippen LogP contribution in [0.5, 0.6) is 17.2 Å². The predicted molar refractivity (Wildman–Crippen MR) is 72.6 cm³/mol. The Morgan fingerprint density at radius 2 is 1.90 bits per heavy atom. The van der Waals surface area contributed by atoms with Gasteiger partial charge in [-0.3, -0.25) is 9.97 Å². The molecule has 100 valence electrons. The number of aromatic nitrogens is 2. The molecule has 0 atom stereocenters. The molecule has 20 heavy (non-hydrogen) atoms. The van der Waals surface area contributed by atoms with E-state index < -0.39 is 0 Å². The summed E-state index contributed by atoms with van der Waals surface area (Å²) in [5.41, 5.74) is 0.666. The lowest BCUT2D eigenvalue weighted by molar-refractivity contribution is 0.406. The molecule has 4 nitrogen and oxygen atoms in total. The molecule has 0 N–H and O–H groups in total. The summed E-state index contributed by atoms with van der Waals surface area (Å²) in [7, 11) is 1.55. The van der Waals surface area contributed by atoms with Gasteiger partial charge in [0.25, 0.3) is 0 Å². The fraction of sp³-hybridized carbons (Fsp3) is 0.0667. The first-order chi connectivity index (χ1) is 9.76. The summed E-state index contributed by atoms with van der Waals surface area (Å²) in [6, 6.07) is 7.76. The van der Waals surface area contributed by atoms with Gasteiger partial charge in [-0.1, -0.05) is 0 Å². The van der Waals surface area contributed by atoms with Gasteiger partial charge in [0.15, 0.2) is 0 Å². The molecule has 0 unspecified atom stereocenters. The normalized spacial score (nSPS) is 10.5. The fourth-order valence-electron chi connectivity index (χ4n) is 1.88. The highest BCUT2D eigenvalue weighted by atomic mass is 19.1. The first kappa shape index (κ1) is 12.3. The second-order valence-electron chi connectivity index (χ2n) is 4.13. The van der Waals surface area contributed by atoms with Gasteiger partial charge < -0.3 is 9.47 Å². The minimum absolute atomic E-state index is 0.334. The lowest BCUT2D eigenvalue weighted by atomic mass is 10.2. The summed E-state index contributed by atoms with van der Waals surface area (Å²) in [6.07, 6.45) is 4.76. The molecule has 2 aromatic heterocycles. The van der Waals surface area contributed by atoms with Crippen molar-refractivity contribution in [1.29, 1.82) is 0 Å². The molecule has 0 fully saturated rings. The van der Waals surface area contributed by atoms with Gasteiger partial charge in [0.2, 0.25) is 0 Å². The van der Waals surface area contributed by atoms with Gasteiger partial charge in [-0.05, 0) is 24.3 Å². The second kappa shape index (κ2) is 5.13. The number of hydrogen-bond donors (Lipinski definition) is 0. The number of rotatable bonds is 3. The van der Waals surface area contributed by atoms with Gasteiger partial charge in [-0.15, -0.1) is 0 Å². The first-order valence-corrected chi connectivity index (χ1v) is 5.97. The van der Waals surface area contributed by atoms with Crippen LogP contribution in [0.4, 0.5) is 4.39 Å². The number of ether oxygens (including phenoxy) is 2. The molecule has 0 aliphatic carbocycles. The molecule has 2 heterocycles. The van der Waals surface area contributed by atoms with E-state index in [2.05, 4.69) is 9.97 Å². The van der Waals surface area contributed by atoms with Gasteiger partial charge >= 0.3 is 0 Å². The summed E-state index contributed by atoms with van der Waals surface area (Å²) in [5, 5.41) is 0.607. The quantitative estimate of drug-likeness (QED) is 0.729. The molecule has 0 spiro atoms. The molecule has 3 aromatic rings. The SMILES string of the molecule is COc1cncc(Oc2ccnc3ccc(F)cc23)c1. The van der Waals surface area contributed by atoms with Crippen molar-refractivity contribution >= 4 is 10.9 Å². The van der Waals surface area contributed by atoms with Gasteiger partial charge in [0.1, 0.15) is 23.1 Å². The molecular weight excluding hydrogens is 259 g/mol. The van der Waals surface area contributed by atoms with Crippen LogP contribution in [-0.4, -0.2) is 17.1 Å². The average Bonchev–Trinajstić information content (AvgIpc) is 2.48. The zero-order valence-corrected chi connectivity index (χ0v) is 10.7. The van der Waals surface area contributed by atoms with Gasteiger partial charge in [-0.25, -0.2) is 4.39 Å². The molecule has 0 amide bonds. The molecule has 0 bridgehead atoms. The Labute approximate surface area is 114 Å². The fourth-order valence-corrected chi connectivity index (χ4v) is 1.88. The van der Waals surface area contributed by atoms with E-state index in [1.165, 1.54) is 12.1 Å². The van der Waals surface area contributed by atoms with Crippen LogP contribution in [0.3, 0.4) is 0 Å². The highest BCUT2D eigenvalue weighted by Crippen LogP contribution is 2.30. The van der Waals surface area contributed by atoms with Gasteiger partial charge in [0.05, 0.1) is 25.0 Å². The lowest BCUT2D eigenvalue weighted by Gasteiger charge is -2.09. The summed E-state index contributed by atoms with van der Waals surface area (Å²) in [5.74, 6) is 1.29. The Hall–Kier alpha value is -2.69. The third kappa shape index (κ3) is 2.38. The zero-order valence-electron chi connectivity index (χ0n) is 10.7. The van der Waals surface area contributed by atoms with E-state index in [-0.39, 0.29) is 5.82 Å². The molecule has 5 heteroatoms. The van der Waals surface area contributed by atoms with Crippen molar-refractivity contribution in [2.45, 2.75) is 0 Å². The monoisotopic (exact) mass is 270 g/mol. The lowest BCUT2D eigenvalue weighted by Crippen LogP contribution is -1.90. The van der Waals surface area contributed by atoms with Crippen LogP contribution in [0.15, 0.2) is 48.9 Å². The van der Waals surface area contributed by atoms with Crippen LogP contribution in [0, 0.1) is 5.82 Å². The van der Waals surface area contributed by atoms with Crippen LogP contribution in [-0.2, 0) is 0 Å². The van der Waals surface area contributed by atoms with Crippen LogP contribution < -0.4 is 9.47 Å². The van der Waals surface area contributed by atoms with Crippen molar-refractivity contribution < 1.29 is 13.9 Å². The van der Waals surface area contributed by atoms with Crippen molar-refractivity contribution in [1.82, 2.24) is 9.97 Å². The van der Waals surface area contributed by atoms with E-state index in [1.807, 2.05) is 0 Å². The number of fused-ring (bicyclic) bond motifs is 1. The highest BCUT2D eigenvalue weighted by Gasteiger charge is 2.06. The second-order valence-corrected chi connectivity index (χ2v) is 4.13. The van der Waals surface area contributed by atoms with Gasteiger partial charge in [-0.2, -0.15) is 0 Å². The third-order valence-corrected chi connectivity index (χ3v) is 2.82. The highest BCUT2D eigenvalue weighted by molar-refractivity contribution is 5.85. The number of hydrogen-bond acceptors (Lipinski definition) is 4. The van der Waals surface area contributed by atoms with E-state index in [0.717, 1.165) is 0 Å².